The van der Waals surface area contributed by atoms with Gasteiger partial charge >= 0.3 is 0 Å². The number of nitrogens with zero attached hydrogens (tertiary/aromatic N) is 4. The lowest BCUT2D eigenvalue weighted by Gasteiger charge is -2.45. The van der Waals surface area contributed by atoms with E-state index in [-0.39, 0.29) is 5.91 Å². The van der Waals surface area contributed by atoms with Crippen molar-refractivity contribution in [1.29, 1.82) is 0 Å². The summed E-state index contributed by atoms with van der Waals surface area (Å²) >= 11 is 1.66. The number of thiazole rings is 1. The van der Waals surface area contributed by atoms with Crippen LogP contribution in [0.3, 0.4) is 0 Å². The Morgan fingerprint density at radius 3 is 2.76 bits per heavy atom. The van der Waals surface area contributed by atoms with Gasteiger partial charge in [-0.2, -0.15) is 0 Å². The van der Waals surface area contributed by atoms with Crippen LogP contribution in [0.25, 0.3) is 5.13 Å². The molecule has 33 heavy (non-hydrogen) atoms. The topological polar surface area (TPSA) is 50.6 Å². The number of amides is 1. The van der Waals surface area contributed by atoms with E-state index in [9.17, 15) is 4.79 Å². The van der Waals surface area contributed by atoms with E-state index in [1.165, 1.54) is 45.2 Å². The van der Waals surface area contributed by atoms with Crippen LogP contribution in [-0.2, 0) is 11.2 Å². The molecule has 0 N–H and O–H groups in total. The first-order chi connectivity index (χ1) is 16.1. The lowest BCUT2D eigenvalue weighted by atomic mass is 9.83. The van der Waals surface area contributed by atoms with Gasteiger partial charge in [0.1, 0.15) is 5.69 Å². The van der Waals surface area contributed by atoms with Crippen molar-refractivity contribution in [3.63, 3.8) is 0 Å². The van der Waals surface area contributed by atoms with Crippen molar-refractivity contribution >= 4 is 17.2 Å². The standard InChI is InChI=1S/C26H40N4O2S/c1-20(2)18-23-24(27-26(33-23)29-13-6-7-14-29)25(31)30(16-9-17-32-3)19-21-10-8-15-28-12-5-4-11-22(21)28/h6-7,13-14,20-22H,4-5,8-12,15-19H2,1-3H3/t21-,22+/m0/s1. The molecule has 4 heterocycles. The van der Waals surface area contributed by atoms with Crippen molar-refractivity contribution < 1.29 is 9.53 Å². The number of piperidine rings is 2. The number of hydrogen-bond donors (Lipinski definition) is 0. The smallest absolute Gasteiger partial charge is 0.273 e. The fourth-order valence-corrected chi connectivity index (χ4v) is 6.72. The maximum Gasteiger partial charge on any atom is 0.273 e. The van der Waals surface area contributed by atoms with Gasteiger partial charge in [-0.05, 0) is 75.6 Å². The molecule has 0 spiro atoms. The molecule has 0 aromatic carbocycles. The summed E-state index contributed by atoms with van der Waals surface area (Å²) in [6, 6.07) is 4.63. The van der Waals surface area contributed by atoms with Gasteiger partial charge in [0.05, 0.1) is 0 Å². The minimum Gasteiger partial charge on any atom is -0.385 e. The fourth-order valence-electron chi connectivity index (χ4n) is 5.49. The van der Waals surface area contributed by atoms with Gasteiger partial charge < -0.3 is 19.1 Å². The van der Waals surface area contributed by atoms with Crippen molar-refractivity contribution in [2.45, 2.75) is 64.8 Å². The summed E-state index contributed by atoms with van der Waals surface area (Å²) in [7, 11) is 1.73. The van der Waals surface area contributed by atoms with Gasteiger partial charge in [0.25, 0.3) is 5.91 Å². The van der Waals surface area contributed by atoms with Gasteiger partial charge in [-0.25, -0.2) is 4.98 Å². The molecule has 6 nitrogen and oxygen atoms in total. The van der Waals surface area contributed by atoms with Crippen LogP contribution in [0, 0.1) is 11.8 Å². The summed E-state index contributed by atoms with van der Waals surface area (Å²) in [5.41, 5.74) is 0.658. The molecule has 2 aromatic heterocycles. The zero-order valence-electron chi connectivity index (χ0n) is 20.5. The largest absolute Gasteiger partial charge is 0.385 e. The minimum atomic E-state index is 0.101. The van der Waals surface area contributed by atoms with E-state index in [1.807, 2.05) is 29.1 Å². The maximum absolute atomic E-state index is 14.0. The van der Waals surface area contributed by atoms with E-state index in [1.54, 1.807) is 18.4 Å². The highest BCUT2D eigenvalue weighted by Crippen LogP contribution is 2.32. The number of aromatic nitrogens is 2. The Bertz CT molecular complexity index is 877. The molecular formula is C26H40N4O2S. The Labute approximate surface area is 202 Å². The van der Waals surface area contributed by atoms with Crippen molar-refractivity contribution in [3.8, 4) is 5.13 Å². The van der Waals surface area contributed by atoms with Gasteiger partial charge in [-0.3, -0.25) is 4.79 Å². The first-order valence-electron chi connectivity index (χ1n) is 12.7. The van der Waals surface area contributed by atoms with Crippen LogP contribution in [-0.4, -0.2) is 71.2 Å². The molecule has 2 aromatic rings. The first kappa shape index (κ1) is 24.4. The van der Waals surface area contributed by atoms with E-state index in [4.69, 9.17) is 9.72 Å². The Morgan fingerprint density at radius 2 is 2.00 bits per heavy atom. The highest BCUT2D eigenvalue weighted by atomic mass is 32.1. The first-order valence-corrected chi connectivity index (χ1v) is 13.5. The molecule has 2 atom stereocenters. The van der Waals surface area contributed by atoms with Crippen molar-refractivity contribution in [2.24, 2.45) is 11.8 Å². The molecule has 0 saturated carbocycles. The molecule has 1 amide bonds. The molecule has 2 aliphatic rings. The maximum atomic E-state index is 14.0. The SMILES string of the molecule is COCCCN(C[C@@H]1CCCN2CCCC[C@H]12)C(=O)c1nc(-n2cccc2)sc1CC(C)C. The van der Waals surface area contributed by atoms with Crippen LogP contribution >= 0.6 is 11.3 Å². The summed E-state index contributed by atoms with van der Waals surface area (Å²) in [5.74, 6) is 1.14. The Hall–Kier alpha value is -1.70. The summed E-state index contributed by atoms with van der Waals surface area (Å²) in [4.78, 5) is 24.7. The molecular weight excluding hydrogens is 432 g/mol. The lowest BCUT2D eigenvalue weighted by molar-refractivity contribution is 0.0344. The van der Waals surface area contributed by atoms with E-state index < -0.39 is 0 Å². The zero-order chi connectivity index (χ0) is 23.2. The third-order valence-electron chi connectivity index (χ3n) is 7.05. The number of hydrogen-bond acceptors (Lipinski definition) is 5. The second-order valence-corrected chi connectivity index (χ2v) is 11.1. The van der Waals surface area contributed by atoms with E-state index >= 15 is 0 Å². The quantitative estimate of drug-likeness (QED) is 0.463. The monoisotopic (exact) mass is 472 g/mol. The lowest BCUT2D eigenvalue weighted by Crippen LogP contribution is -2.51. The molecule has 0 radical (unpaired) electrons. The average Bonchev–Trinajstić information content (AvgIpc) is 3.48. The Balaban J connectivity index is 1.58. The summed E-state index contributed by atoms with van der Waals surface area (Å²) in [5, 5.41) is 0.881. The van der Waals surface area contributed by atoms with Gasteiger partial charge in [-0.1, -0.05) is 20.3 Å². The van der Waals surface area contributed by atoms with Crippen LogP contribution in [0.15, 0.2) is 24.5 Å². The summed E-state index contributed by atoms with van der Waals surface area (Å²) < 4.78 is 7.34. The normalized spacial score (nSPS) is 21.3. The summed E-state index contributed by atoms with van der Waals surface area (Å²) in [6.07, 6.45) is 12.1. The van der Waals surface area contributed by atoms with Crippen molar-refractivity contribution in [1.82, 2.24) is 19.4 Å². The van der Waals surface area contributed by atoms with E-state index in [0.29, 0.717) is 30.2 Å². The van der Waals surface area contributed by atoms with Gasteiger partial charge in [0.2, 0.25) is 0 Å². The van der Waals surface area contributed by atoms with E-state index in [0.717, 1.165) is 35.9 Å². The second kappa shape index (κ2) is 11.6. The van der Waals surface area contributed by atoms with Crippen molar-refractivity contribution in [2.75, 3.05) is 39.9 Å². The van der Waals surface area contributed by atoms with Crippen LogP contribution in [0.1, 0.15) is 67.7 Å². The van der Waals surface area contributed by atoms with Gasteiger partial charge in [-0.15, -0.1) is 11.3 Å². The molecule has 182 valence electrons. The fraction of sp³-hybridized carbons (Fsp3) is 0.692. The Kier molecular flexibility index (Phi) is 8.61. The number of methoxy groups -OCH3 is 1. The molecule has 0 unspecified atom stereocenters. The van der Waals surface area contributed by atoms with Crippen LogP contribution in [0.2, 0.25) is 0 Å². The predicted octanol–water partition coefficient (Wildman–Crippen LogP) is 4.88. The molecule has 0 bridgehead atoms. The molecule has 0 aliphatic carbocycles. The molecule has 2 fully saturated rings. The molecule has 2 saturated heterocycles. The minimum absolute atomic E-state index is 0.101. The second-order valence-electron chi connectivity index (χ2n) is 10.1. The number of carbonyl (C=O) groups is 1. The highest BCUT2D eigenvalue weighted by Gasteiger charge is 2.35. The average molecular weight is 473 g/mol. The number of carbonyl (C=O) groups excluding carboxylic acids is 1. The van der Waals surface area contributed by atoms with Gasteiger partial charge in [0, 0.05) is 50.1 Å². The molecule has 7 heteroatoms. The highest BCUT2D eigenvalue weighted by molar-refractivity contribution is 7.14. The molecule has 2 aliphatic heterocycles. The van der Waals surface area contributed by atoms with Crippen LogP contribution in [0.5, 0.6) is 0 Å². The number of fused-ring (bicyclic) bond motifs is 1. The van der Waals surface area contributed by atoms with Crippen LogP contribution in [0.4, 0.5) is 0 Å². The van der Waals surface area contributed by atoms with E-state index in [2.05, 4.69) is 23.6 Å². The summed E-state index contributed by atoms with van der Waals surface area (Å²) in [6.45, 7) is 9.11. The third kappa shape index (κ3) is 6.06. The molecule has 4 rings (SSSR count). The number of rotatable bonds is 10. The third-order valence-corrected chi connectivity index (χ3v) is 8.15. The van der Waals surface area contributed by atoms with Crippen molar-refractivity contribution in [3.05, 3.63) is 35.1 Å². The predicted molar refractivity (Wildman–Crippen MR) is 134 cm³/mol. The Morgan fingerprint density at radius 1 is 1.21 bits per heavy atom. The zero-order valence-corrected chi connectivity index (χ0v) is 21.4. The van der Waals surface area contributed by atoms with Gasteiger partial charge in [0.15, 0.2) is 5.13 Å². The number of ether oxygens (including phenoxy) is 1. The van der Waals surface area contributed by atoms with Crippen LogP contribution < -0.4 is 0 Å².